The number of carbonyl (C=O) groups is 1. The maximum atomic E-state index is 12.0. The van der Waals surface area contributed by atoms with Crippen LogP contribution in [0.3, 0.4) is 0 Å². The van der Waals surface area contributed by atoms with Crippen molar-refractivity contribution in [1.82, 2.24) is 9.88 Å². The summed E-state index contributed by atoms with van der Waals surface area (Å²) >= 11 is 1.32. The zero-order valence-corrected chi connectivity index (χ0v) is 11.0. The Kier molecular flexibility index (Phi) is 3.94. The number of nitrogens with two attached hydrogens (primary N) is 1. The fraction of sp³-hybridized carbons (Fsp3) is 0.231. The number of hydrogen-bond acceptors (Lipinski definition) is 4. The normalized spacial score (nSPS) is 10.3. The smallest absolute Gasteiger partial charge is 0.263 e. The van der Waals surface area contributed by atoms with Gasteiger partial charge in [0.2, 0.25) is 0 Å². The van der Waals surface area contributed by atoms with Crippen molar-refractivity contribution >= 4 is 22.2 Å². The lowest BCUT2D eigenvalue weighted by Gasteiger charge is -2.16. The van der Waals surface area contributed by atoms with Crippen molar-refractivity contribution in [2.45, 2.75) is 6.42 Å². The van der Waals surface area contributed by atoms with Gasteiger partial charge in [0.15, 0.2) is 0 Å². The van der Waals surface area contributed by atoms with Crippen LogP contribution in [0.25, 0.3) is 0 Å². The highest BCUT2D eigenvalue weighted by Crippen LogP contribution is 2.19. The molecule has 2 N–H and O–H groups in total. The molecule has 0 atom stereocenters. The van der Waals surface area contributed by atoms with E-state index >= 15 is 0 Å². The molecule has 94 valence electrons. The first-order valence-corrected chi connectivity index (χ1v) is 6.48. The summed E-state index contributed by atoms with van der Waals surface area (Å²) in [4.78, 5) is 18.4. The van der Waals surface area contributed by atoms with Crippen LogP contribution < -0.4 is 5.73 Å². The summed E-state index contributed by atoms with van der Waals surface area (Å²) in [6, 6.07) is 7.45. The highest BCUT2D eigenvalue weighted by Gasteiger charge is 2.13. The van der Waals surface area contributed by atoms with E-state index in [4.69, 9.17) is 5.73 Å². The Balaban J connectivity index is 1.92. The molecule has 0 aliphatic rings. The first kappa shape index (κ1) is 12.6. The molecule has 0 aromatic carbocycles. The standard InChI is InChI=1S/C13H15N3OS/c1-16(9-6-10-4-7-15-8-5-10)13(17)11-2-3-12(14)18-11/h2-5,7-8H,6,9,14H2,1H3. The lowest BCUT2D eigenvalue weighted by Crippen LogP contribution is -2.28. The summed E-state index contributed by atoms with van der Waals surface area (Å²) < 4.78 is 0. The second kappa shape index (κ2) is 5.64. The number of carbonyl (C=O) groups excluding carboxylic acids is 1. The van der Waals surface area contributed by atoms with E-state index in [1.807, 2.05) is 12.1 Å². The SMILES string of the molecule is CN(CCc1ccncc1)C(=O)c1ccc(N)s1. The van der Waals surface area contributed by atoms with Crippen LogP contribution >= 0.6 is 11.3 Å². The predicted molar refractivity (Wildman–Crippen MR) is 73.6 cm³/mol. The summed E-state index contributed by atoms with van der Waals surface area (Å²) in [7, 11) is 1.80. The van der Waals surface area contributed by atoms with Crippen LogP contribution in [0.15, 0.2) is 36.7 Å². The molecule has 2 aromatic heterocycles. The van der Waals surface area contributed by atoms with E-state index in [1.54, 1.807) is 36.5 Å². The summed E-state index contributed by atoms with van der Waals surface area (Å²) in [5.41, 5.74) is 6.80. The minimum Gasteiger partial charge on any atom is -0.391 e. The lowest BCUT2D eigenvalue weighted by molar-refractivity contribution is 0.0801. The van der Waals surface area contributed by atoms with Crippen LogP contribution in [0.1, 0.15) is 15.2 Å². The van der Waals surface area contributed by atoms with Crippen LogP contribution in [0.5, 0.6) is 0 Å². The second-order valence-electron chi connectivity index (χ2n) is 4.03. The fourth-order valence-corrected chi connectivity index (χ4v) is 2.37. The van der Waals surface area contributed by atoms with Crippen molar-refractivity contribution in [2.24, 2.45) is 0 Å². The minimum atomic E-state index is 0.0192. The highest BCUT2D eigenvalue weighted by atomic mass is 32.1. The van der Waals surface area contributed by atoms with Crippen LogP contribution in [0.2, 0.25) is 0 Å². The molecule has 0 spiro atoms. The zero-order chi connectivity index (χ0) is 13.0. The van der Waals surface area contributed by atoms with E-state index in [9.17, 15) is 4.79 Å². The van der Waals surface area contributed by atoms with Gasteiger partial charge in [-0.05, 0) is 36.2 Å². The van der Waals surface area contributed by atoms with Crippen molar-refractivity contribution in [2.75, 3.05) is 19.3 Å². The fourth-order valence-electron chi connectivity index (χ4n) is 1.60. The van der Waals surface area contributed by atoms with Crippen molar-refractivity contribution in [3.05, 3.63) is 47.1 Å². The average molecular weight is 261 g/mol. The molecule has 0 bridgehead atoms. The number of amides is 1. The highest BCUT2D eigenvalue weighted by molar-refractivity contribution is 7.17. The van der Waals surface area contributed by atoms with Crippen molar-refractivity contribution in [1.29, 1.82) is 0 Å². The Bertz CT molecular complexity index is 524. The third kappa shape index (κ3) is 3.07. The summed E-state index contributed by atoms with van der Waals surface area (Å²) in [6.07, 6.45) is 4.35. The molecule has 2 aromatic rings. The molecule has 0 saturated heterocycles. The largest absolute Gasteiger partial charge is 0.391 e. The Morgan fingerprint density at radius 2 is 2.06 bits per heavy atom. The molecule has 5 heteroatoms. The Morgan fingerprint density at radius 1 is 1.33 bits per heavy atom. The number of aromatic nitrogens is 1. The maximum absolute atomic E-state index is 12.0. The molecule has 4 nitrogen and oxygen atoms in total. The van der Waals surface area contributed by atoms with E-state index in [2.05, 4.69) is 4.98 Å². The molecule has 0 aliphatic heterocycles. The van der Waals surface area contributed by atoms with Crippen molar-refractivity contribution in [3.63, 3.8) is 0 Å². The number of thiophene rings is 1. The van der Waals surface area contributed by atoms with Gasteiger partial charge in [-0.3, -0.25) is 9.78 Å². The topological polar surface area (TPSA) is 59.2 Å². The van der Waals surface area contributed by atoms with Crippen molar-refractivity contribution < 1.29 is 4.79 Å². The number of pyridine rings is 1. The van der Waals surface area contributed by atoms with E-state index in [1.165, 1.54) is 16.9 Å². The Morgan fingerprint density at radius 3 is 2.67 bits per heavy atom. The van der Waals surface area contributed by atoms with Crippen LogP contribution in [-0.4, -0.2) is 29.4 Å². The molecule has 0 radical (unpaired) electrons. The first-order chi connectivity index (χ1) is 8.66. The van der Waals surface area contributed by atoms with Gasteiger partial charge in [-0.25, -0.2) is 0 Å². The number of hydrogen-bond donors (Lipinski definition) is 1. The molecule has 0 fully saturated rings. The third-order valence-electron chi connectivity index (χ3n) is 2.67. The summed E-state index contributed by atoms with van der Waals surface area (Å²) in [6.45, 7) is 0.681. The molecule has 2 rings (SSSR count). The number of nitrogen functional groups attached to an aromatic ring is 1. The van der Waals surface area contributed by atoms with Crippen LogP contribution in [-0.2, 0) is 6.42 Å². The zero-order valence-electron chi connectivity index (χ0n) is 10.2. The Hall–Kier alpha value is -1.88. The van der Waals surface area contributed by atoms with Gasteiger partial charge in [0, 0.05) is 26.0 Å². The minimum absolute atomic E-state index is 0.0192. The van der Waals surface area contributed by atoms with Gasteiger partial charge < -0.3 is 10.6 Å². The molecule has 0 saturated carbocycles. The number of anilines is 1. The number of rotatable bonds is 4. The summed E-state index contributed by atoms with van der Waals surface area (Å²) in [5.74, 6) is 0.0192. The van der Waals surface area contributed by atoms with Gasteiger partial charge in [0.1, 0.15) is 0 Å². The first-order valence-electron chi connectivity index (χ1n) is 5.66. The number of nitrogens with zero attached hydrogens (tertiary/aromatic N) is 2. The predicted octanol–water partition coefficient (Wildman–Crippen LogP) is 2.04. The third-order valence-corrected chi connectivity index (χ3v) is 3.57. The van der Waals surface area contributed by atoms with Gasteiger partial charge in [-0.15, -0.1) is 11.3 Å². The molecule has 0 aliphatic carbocycles. The van der Waals surface area contributed by atoms with Gasteiger partial charge >= 0.3 is 0 Å². The average Bonchev–Trinajstić information content (AvgIpc) is 2.83. The van der Waals surface area contributed by atoms with Crippen LogP contribution in [0.4, 0.5) is 5.00 Å². The second-order valence-corrected chi connectivity index (χ2v) is 5.15. The molecule has 0 unspecified atom stereocenters. The van der Waals surface area contributed by atoms with E-state index in [0.717, 1.165) is 6.42 Å². The molecular formula is C13H15N3OS. The number of likely N-dealkylation sites (N-methyl/N-ethyl adjacent to an activating group) is 1. The monoisotopic (exact) mass is 261 g/mol. The lowest BCUT2D eigenvalue weighted by atomic mass is 10.2. The van der Waals surface area contributed by atoms with Crippen molar-refractivity contribution in [3.8, 4) is 0 Å². The molecular weight excluding hydrogens is 246 g/mol. The maximum Gasteiger partial charge on any atom is 0.263 e. The van der Waals surface area contributed by atoms with Crippen LogP contribution in [0, 0.1) is 0 Å². The van der Waals surface area contributed by atoms with E-state index in [-0.39, 0.29) is 5.91 Å². The van der Waals surface area contributed by atoms with E-state index < -0.39 is 0 Å². The quantitative estimate of drug-likeness (QED) is 0.916. The van der Waals surface area contributed by atoms with Gasteiger partial charge in [0.05, 0.1) is 9.88 Å². The van der Waals surface area contributed by atoms with Gasteiger partial charge in [-0.1, -0.05) is 0 Å². The van der Waals surface area contributed by atoms with Gasteiger partial charge in [0.25, 0.3) is 5.91 Å². The summed E-state index contributed by atoms with van der Waals surface area (Å²) in [5, 5.41) is 0.667. The molecule has 2 heterocycles. The van der Waals surface area contributed by atoms with Gasteiger partial charge in [-0.2, -0.15) is 0 Å². The molecule has 1 amide bonds. The van der Waals surface area contributed by atoms with E-state index in [0.29, 0.717) is 16.4 Å². The molecule has 18 heavy (non-hydrogen) atoms. The Labute approximate surface area is 110 Å².